The fourth-order valence-electron chi connectivity index (χ4n) is 4.59. The van der Waals surface area contributed by atoms with Gasteiger partial charge in [0, 0.05) is 5.92 Å². The van der Waals surface area contributed by atoms with Gasteiger partial charge in [-0.15, -0.1) is 0 Å². The molecule has 1 atom stereocenters. The van der Waals surface area contributed by atoms with Gasteiger partial charge in [0.25, 0.3) is 5.91 Å². The number of likely N-dealkylation sites (tertiary alicyclic amines) is 1. The van der Waals surface area contributed by atoms with Crippen molar-refractivity contribution in [3.8, 4) is 0 Å². The van der Waals surface area contributed by atoms with Crippen LogP contribution >= 0.6 is 0 Å². The van der Waals surface area contributed by atoms with E-state index in [0.717, 1.165) is 48.4 Å². The van der Waals surface area contributed by atoms with E-state index in [4.69, 9.17) is 4.98 Å². The molecule has 2 saturated heterocycles. The van der Waals surface area contributed by atoms with Gasteiger partial charge in [-0.1, -0.05) is 24.3 Å². The highest BCUT2D eigenvalue weighted by Crippen LogP contribution is 2.32. The third kappa shape index (κ3) is 3.23. The van der Waals surface area contributed by atoms with Crippen molar-refractivity contribution >= 4 is 28.5 Å². The van der Waals surface area contributed by atoms with Gasteiger partial charge in [0.05, 0.1) is 29.2 Å². The van der Waals surface area contributed by atoms with E-state index in [1.165, 1.54) is 4.90 Å². The summed E-state index contributed by atoms with van der Waals surface area (Å²) in [5.74, 6) is 1.19. The number of piperidine rings is 1. The lowest BCUT2D eigenvalue weighted by Crippen LogP contribution is -2.45. The zero-order valence-corrected chi connectivity index (χ0v) is 16.5. The summed E-state index contributed by atoms with van der Waals surface area (Å²) in [6.45, 7) is 3.56. The second-order valence-corrected chi connectivity index (χ2v) is 8.08. The number of carbonyl (C=O) groups is 2. The minimum atomic E-state index is -0.348. The standard InChI is InChI=1S/C23H24N4O2/c1-15-5-4-6-17(13-15)27-21(28)14-20(23(27)29)26-11-9-16(10-12-26)22-24-18-7-2-3-8-19(18)25-22/h2-8,13,16,20H,9-12,14H2,1H3,(H,24,25)/t20-/m1/s1. The van der Waals surface area contributed by atoms with Crippen LogP contribution in [0.2, 0.25) is 0 Å². The Morgan fingerprint density at radius 2 is 1.83 bits per heavy atom. The largest absolute Gasteiger partial charge is 0.342 e. The third-order valence-corrected chi connectivity index (χ3v) is 6.15. The molecule has 0 aliphatic carbocycles. The average molecular weight is 388 g/mol. The number of anilines is 1. The van der Waals surface area contributed by atoms with Crippen LogP contribution in [0.1, 0.15) is 36.6 Å². The van der Waals surface area contributed by atoms with E-state index in [-0.39, 0.29) is 24.3 Å². The van der Waals surface area contributed by atoms with Crippen LogP contribution in [-0.2, 0) is 9.59 Å². The first-order chi connectivity index (χ1) is 14.1. The summed E-state index contributed by atoms with van der Waals surface area (Å²) in [5.41, 5.74) is 3.78. The lowest BCUT2D eigenvalue weighted by molar-refractivity contribution is -0.123. The summed E-state index contributed by atoms with van der Waals surface area (Å²) in [6, 6.07) is 15.3. The van der Waals surface area contributed by atoms with E-state index in [1.54, 1.807) is 0 Å². The highest BCUT2D eigenvalue weighted by atomic mass is 16.2. The van der Waals surface area contributed by atoms with Crippen molar-refractivity contribution in [1.29, 1.82) is 0 Å². The molecule has 3 aromatic rings. The minimum absolute atomic E-state index is 0.0946. The number of aromatic amines is 1. The smallest absolute Gasteiger partial charge is 0.251 e. The van der Waals surface area contributed by atoms with Crippen LogP contribution in [0.25, 0.3) is 11.0 Å². The van der Waals surface area contributed by atoms with Crippen molar-refractivity contribution in [2.24, 2.45) is 0 Å². The molecule has 6 nitrogen and oxygen atoms in total. The second kappa shape index (κ2) is 7.12. The number of amides is 2. The zero-order valence-electron chi connectivity index (χ0n) is 16.5. The highest BCUT2D eigenvalue weighted by molar-refractivity contribution is 6.22. The minimum Gasteiger partial charge on any atom is -0.342 e. The van der Waals surface area contributed by atoms with Crippen LogP contribution in [0.5, 0.6) is 0 Å². The number of H-pyrrole nitrogens is 1. The van der Waals surface area contributed by atoms with E-state index in [1.807, 2.05) is 55.5 Å². The number of fused-ring (bicyclic) bond motifs is 1. The Labute approximate surface area is 169 Å². The van der Waals surface area contributed by atoms with E-state index in [9.17, 15) is 9.59 Å². The number of imide groups is 1. The molecule has 148 valence electrons. The number of hydrogen-bond donors (Lipinski definition) is 1. The molecule has 1 aromatic heterocycles. The SMILES string of the molecule is Cc1cccc(N2C(=O)C[C@@H](N3CCC(c4nc5ccccc5[nH]4)CC3)C2=O)c1. The van der Waals surface area contributed by atoms with Gasteiger partial charge in [-0.05, 0) is 62.7 Å². The molecule has 0 radical (unpaired) electrons. The number of aryl methyl sites for hydroxylation is 1. The topological polar surface area (TPSA) is 69.3 Å². The molecule has 3 heterocycles. The van der Waals surface area contributed by atoms with Crippen molar-refractivity contribution in [2.75, 3.05) is 18.0 Å². The van der Waals surface area contributed by atoms with Gasteiger partial charge in [0.15, 0.2) is 0 Å². The van der Waals surface area contributed by atoms with Crippen LogP contribution in [0.4, 0.5) is 5.69 Å². The van der Waals surface area contributed by atoms with Crippen LogP contribution in [0.3, 0.4) is 0 Å². The number of rotatable bonds is 3. The van der Waals surface area contributed by atoms with Crippen LogP contribution in [0, 0.1) is 6.92 Å². The number of para-hydroxylation sites is 2. The molecule has 2 aliphatic heterocycles. The molecule has 2 amide bonds. The molecule has 2 aliphatic rings. The molecule has 5 rings (SSSR count). The Morgan fingerprint density at radius 1 is 1.03 bits per heavy atom. The second-order valence-electron chi connectivity index (χ2n) is 8.08. The molecular formula is C23H24N4O2. The van der Waals surface area contributed by atoms with Gasteiger partial charge < -0.3 is 4.98 Å². The van der Waals surface area contributed by atoms with E-state index < -0.39 is 0 Å². The molecule has 0 bridgehead atoms. The molecule has 2 fully saturated rings. The maximum Gasteiger partial charge on any atom is 0.251 e. The molecule has 0 saturated carbocycles. The van der Waals surface area contributed by atoms with Gasteiger partial charge in [0.2, 0.25) is 5.91 Å². The van der Waals surface area contributed by atoms with Gasteiger partial charge in [-0.2, -0.15) is 0 Å². The van der Waals surface area contributed by atoms with E-state index in [0.29, 0.717) is 11.6 Å². The third-order valence-electron chi connectivity index (χ3n) is 6.15. The van der Waals surface area contributed by atoms with Gasteiger partial charge in [-0.3, -0.25) is 14.5 Å². The Morgan fingerprint density at radius 3 is 2.59 bits per heavy atom. The Hall–Kier alpha value is -2.99. The fourth-order valence-corrected chi connectivity index (χ4v) is 4.59. The van der Waals surface area contributed by atoms with Gasteiger partial charge >= 0.3 is 0 Å². The maximum absolute atomic E-state index is 13.0. The van der Waals surface area contributed by atoms with Crippen molar-refractivity contribution in [3.05, 3.63) is 59.9 Å². The number of nitrogens with zero attached hydrogens (tertiary/aromatic N) is 3. The van der Waals surface area contributed by atoms with Crippen LogP contribution in [0.15, 0.2) is 48.5 Å². The number of aromatic nitrogens is 2. The lowest BCUT2D eigenvalue weighted by Gasteiger charge is -2.34. The average Bonchev–Trinajstić information content (AvgIpc) is 3.29. The van der Waals surface area contributed by atoms with Crippen molar-refractivity contribution in [1.82, 2.24) is 14.9 Å². The number of hydrogen-bond acceptors (Lipinski definition) is 4. The molecule has 0 spiro atoms. The number of carbonyl (C=O) groups excluding carboxylic acids is 2. The number of benzene rings is 2. The highest BCUT2D eigenvalue weighted by Gasteiger charge is 2.43. The van der Waals surface area contributed by atoms with Crippen molar-refractivity contribution in [2.45, 2.75) is 38.1 Å². The first-order valence-corrected chi connectivity index (χ1v) is 10.2. The zero-order chi connectivity index (χ0) is 20.0. The molecule has 6 heteroatoms. The Kier molecular flexibility index (Phi) is 4.43. The Balaban J connectivity index is 1.28. The number of imidazole rings is 1. The predicted molar refractivity (Wildman–Crippen MR) is 112 cm³/mol. The summed E-state index contributed by atoms with van der Waals surface area (Å²) >= 11 is 0. The molecular weight excluding hydrogens is 364 g/mol. The molecule has 0 unspecified atom stereocenters. The van der Waals surface area contributed by atoms with E-state index >= 15 is 0 Å². The van der Waals surface area contributed by atoms with Crippen molar-refractivity contribution in [3.63, 3.8) is 0 Å². The number of nitrogens with one attached hydrogen (secondary N) is 1. The summed E-state index contributed by atoms with van der Waals surface area (Å²) in [5, 5.41) is 0. The summed E-state index contributed by atoms with van der Waals surface area (Å²) in [6.07, 6.45) is 2.13. The summed E-state index contributed by atoms with van der Waals surface area (Å²) < 4.78 is 0. The lowest BCUT2D eigenvalue weighted by atomic mass is 9.95. The van der Waals surface area contributed by atoms with Gasteiger partial charge in [-0.25, -0.2) is 9.88 Å². The first-order valence-electron chi connectivity index (χ1n) is 10.2. The predicted octanol–water partition coefficient (Wildman–Crippen LogP) is 3.38. The Bertz CT molecular complexity index is 1050. The van der Waals surface area contributed by atoms with E-state index in [2.05, 4.69) is 9.88 Å². The van der Waals surface area contributed by atoms with Crippen LogP contribution < -0.4 is 4.90 Å². The molecule has 29 heavy (non-hydrogen) atoms. The fraction of sp³-hybridized carbons (Fsp3) is 0.348. The monoisotopic (exact) mass is 388 g/mol. The van der Waals surface area contributed by atoms with Crippen LogP contribution in [-0.4, -0.2) is 45.8 Å². The normalized spacial score (nSPS) is 21.4. The quantitative estimate of drug-likeness (QED) is 0.699. The first kappa shape index (κ1) is 18.1. The molecule has 1 N–H and O–H groups in total. The van der Waals surface area contributed by atoms with Crippen molar-refractivity contribution < 1.29 is 9.59 Å². The molecule has 2 aromatic carbocycles. The summed E-state index contributed by atoms with van der Waals surface area (Å²) in [4.78, 5) is 37.4. The maximum atomic E-state index is 13.0. The van der Waals surface area contributed by atoms with Gasteiger partial charge in [0.1, 0.15) is 5.82 Å². The summed E-state index contributed by atoms with van der Waals surface area (Å²) in [7, 11) is 0.